The summed E-state index contributed by atoms with van der Waals surface area (Å²) in [5, 5.41) is 5.92. The third-order valence-corrected chi connectivity index (χ3v) is 4.36. The van der Waals surface area contributed by atoms with E-state index in [2.05, 4.69) is 46.5 Å². The van der Waals surface area contributed by atoms with E-state index in [1.54, 1.807) is 24.4 Å². The maximum Gasteiger partial charge on any atom is 0.274 e. The van der Waals surface area contributed by atoms with Crippen LogP contribution in [0.3, 0.4) is 0 Å². The van der Waals surface area contributed by atoms with Crippen molar-refractivity contribution in [2.75, 3.05) is 28.6 Å². The van der Waals surface area contributed by atoms with Crippen LogP contribution in [0, 0.1) is 5.82 Å². The molecule has 28 heavy (non-hydrogen) atoms. The van der Waals surface area contributed by atoms with Crippen molar-refractivity contribution in [1.29, 1.82) is 0 Å². The quantitative estimate of drug-likeness (QED) is 0.603. The maximum atomic E-state index is 13.3. The van der Waals surface area contributed by atoms with E-state index in [4.69, 9.17) is 0 Å². The number of carbonyl (C=O) groups is 1. The molecule has 0 atom stereocenters. The molecule has 1 heterocycles. The number of anilines is 4. The summed E-state index contributed by atoms with van der Waals surface area (Å²) in [6.07, 6.45) is 1.56. The van der Waals surface area contributed by atoms with Crippen molar-refractivity contribution in [2.24, 2.45) is 0 Å². The number of pyridine rings is 1. The molecule has 0 bridgehead atoms. The van der Waals surface area contributed by atoms with Gasteiger partial charge in [-0.3, -0.25) is 9.78 Å². The van der Waals surface area contributed by atoms with Gasteiger partial charge in [-0.25, -0.2) is 4.39 Å². The van der Waals surface area contributed by atoms with Crippen molar-refractivity contribution in [1.82, 2.24) is 4.98 Å². The van der Waals surface area contributed by atoms with E-state index in [1.165, 1.54) is 23.9 Å². The minimum atomic E-state index is -0.408. The van der Waals surface area contributed by atoms with Gasteiger partial charge in [-0.2, -0.15) is 0 Å². The Hall–Kier alpha value is -3.41. The number of halogens is 1. The summed E-state index contributed by atoms with van der Waals surface area (Å²) >= 11 is 0. The van der Waals surface area contributed by atoms with Gasteiger partial charge in [-0.15, -0.1) is 0 Å². The van der Waals surface area contributed by atoms with Gasteiger partial charge in [-0.05, 0) is 68.4 Å². The fraction of sp³-hybridized carbons (Fsp3) is 0.182. The third kappa shape index (κ3) is 4.85. The van der Waals surface area contributed by atoms with E-state index >= 15 is 0 Å². The molecular weight excluding hydrogens is 355 g/mol. The summed E-state index contributed by atoms with van der Waals surface area (Å²) in [7, 11) is 0. The predicted molar refractivity (Wildman–Crippen MR) is 112 cm³/mol. The average molecular weight is 378 g/mol. The van der Waals surface area contributed by atoms with Crippen LogP contribution in [0.4, 0.5) is 27.1 Å². The van der Waals surface area contributed by atoms with E-state index < -0.39 is 11.7 Å². The summed E-state index contributed by atoms with van der Waals surface area (Å²) in [4.78, 5) is 18.8. The first-order chi connectivity index (χ1) is 13.6. The minimum Gasteiger partial charge on any atom is -0.372 e. The fourth-order valence-electron chi connectivity index (χ4n) is 2.90. The first-order valence-corrected chi connectivity index (χ1v) is 9.24. The van der Waals surface area contributed by atoms with Crippen LogP contribution in [0.15, 0.2) is 66.9 Å². The summed E-state index contributed by atoms with van der Waals surface area (Å²) in [5.41, 5.74) is 3.46. The Morgan fingerprint density at radius 3 is 2.39 bits per heavy atom. The zero-order chi connectivity index (χ0) is 19.9. The Morgan fingerprint density at radius 1 is 0.964 bits per heavy atom. The van der Waals surface area contributed by atoms with E-state index in [-0.39, 0.29) is 5.69 Å². The highest BCUT2D eigenvalue weighted by Crippen LogP contribution is 2.21. The highest BCUT2D eigenvalue weighted by molar-refractivity contribution is 6.03. The van der Waals surface area contributed by atoms with E-state index in [9.17, 15) is 9.18 Å². The number of carbonyl (C=O) groups excluding carboxylic acids is 1. The van der Waals surface area contributed by atoms with Crippen LogP contribution < -0.4 is 15.5 Å². The molecule has 1 amide bonds. The average Bonchev–Trinajstić information content (AvgIpc) is 2.70. The molecule has 0 spiro atoms. The van der Waals surface area contributed by atoms with Crippen molar-refractivity contribution in [3.05, 3.63) is 78.4 Å². The van der Waals surface area contributed by atoms with Crippen LogP contribution in [-0.4, -0.2) is 24.0 Å². The lowest BCUT2D eigenvalue weighted by molar-refractivity contribution is 0.102. The molecule has 0 saturated heterocycles. The van der Waals surface area contributed by atoms with Gasteiger partial charge in [0.15, 0.2) is 0 Å². The number of hydrogen-bond donors (Lipinski definition) is 2. The Bertz CT molecular complexity index is 939. The third-order valence-electron chi connectivity index (χ3n) is 4.36. The molecule has 0 fully saturated rings. The zero-order valence-corrected chi connectivity index (χ0v) is 15.9. The second-order valence-electron chi connectivity index (χ2n) is 6.24. The number of rotatable bonds is 7. The minimum absolute atomic E-state index is 0.244. The monoisotopic (exact) mass is 378 g/mol. The number of nitrogens with zero attached hydrogens (tertiary/aromatic N) is 2. The molecule has 5 nitrogen and oxygen atoms in total. The smallest absolute Gasteiger partial charge is 0.274 e. The number of aromatic nitrogens is 1. The van der Waals surface area contributed by atoms with Gasteiger partial charge in [-0.1, -0.05) is 6.07 Å². The van der Waals surface area contributed by atoms with E-state index in [0.717, 1.165) is 24.5 Å². The summed E-state index contributed by atoms with van der Waals surface area (Å²) in [6, 6.07) is 17.3. The largest absolute Gasteiger partial charge is 0.372 e. The molecule has 0 unspecified atom stereocenters. The first-order valence-electron chi connectivity index (χ1n) is 9.24. The molecule has 0 aliphatic heterocycles. The molecule has 0 saturated carbocycles. The molecule has 144 valence electrons. The van der Waals surface area contributed by atoms with Gasteiger partial charge in [0.1, 0.15) is 11.5 Å². The molecule has 3 aromatic rings. The molecular formula is C22H23FN4O. The zero-order valence-electron chi connectivity index (χ0n) is 15.9. The number of nitrogens with one attached hydrogen (secondary N) is 2. The molecule has 1 aromatic heterocycles. The molecule has 0 aliphatic rings. The van der Waals surface area contributed by atoms with E-state index in [0.29, 0.717) is 5.69 Å². The van der Waals surface area contributed by atoms with Crippen LogP contribution in [0.5, 0.6) is 0 Å². The highest BCUT2D eigenvalue weighted by atomic mass is 19.1. The summed E-state index contributed by atoms with van der Waals surface area (Å²) in [5.74, 6) is -0.805. The number of benzene rings is 2. The standard InChI is InChI=1S/C22H23FN4O/c1-3-27(4-2)20-10-8-17(9-11-20)25-19-12-13-24-21(15-19)22(28)26-18-7-5-6-16(23)14-18/h5-15H,3-4H2,1-2H3,(H,24,25)(H,26,28). The molecule has 2 N–H and O–H groups in total. The molecule has 0 aliphatic carbocycles. The van der Waals surface area contributed by atoms with Gasteiger partial charge in [0.05, 0.1) is 0 Å². The SMILES string of the molecule is CCN(CC)c1ccc(Nc2ccnc(C(=O)Nc3cccc(F)c3)c2)cc1. The lowest BCUT2D eigenvalue weighted by Gasteiger charge is -2.21. The van der Waals surface area contributed by atoms with Crippen LogP contribution in [0.25, 0.3) is 0 Å². The number of amides is 1. The second kappa shape index (κ2) is 8.99. The summed E-state index contributed by atoms with van der Waals surface area (Å²) < 4.78 is 13.3. The highest BCUT2D eigenvalue weighted by Gasteiger charge is 2.09. The Balaban J connectivity index is 1.70. The Morgan fingerprint density at radius 2 is 1.71 bits per heavy atom. The van der Waals surface area contributed by atoms with Crippen molar-refractivity contribution >= 4 is 28.7 Å². The lowest BCUT2D eigenvalue weighted by atomic mass is 10.2. The van der Waals surface area contributed by atoms with Crippen LogP contribution in [0.1, 0.15) is 24.3 Å². The fourth-order valence-corrected chi connectivity index (χ4v) is 2.90. The van der Waals surface area contributed by atoms with Crippen LogP contribution >= 0.6 is 0 Å². The van der Waals surface area contributed by atoms with Crippen LogP contribution in [0.2, 0.25) is 0 Å². The number of hydrogen-bond acceptors (Lipinski definition) is 4. The predicted octanol–water partition coefficient (Wildman–Crippen LogP) is 5.06. The molecule has 2 aromatic carbocycles. The van der Waals surface area contributed by atoms with Gasteiger partial charge < -0.3 is 15.5 Å². The van der Waals surface area contributed by atoms with Crippen molar-refractivity contribution in [3.63, 3.8) is 0 Å². The van der Waals surface area contributed by atoms with Crippen LogP contribution in [-0.2, 0) is 0 Å². The van der Waals surface area contributed by atoms with Gasteiger partial charge in [0.25, 0.3) is 5.91 Å². The maximum absolute atomic E-state index is 13.3. The topological polar surface area (TPSA) is 57.3 Å². The van der Waals surface area contributed by atoms with E-state index in [1.807, 2.05) is 12.1 Å². The second-order valence-corrected chi connectivity index (χ2v) is 6.24. The van der Waals surface area contributed by atoms with Crippen molar-refractivity contribution < 1.29 is 9.18 Å². The summed E-state index contributed by atoms with van der Waals surface area (Å²) in [6.45, 7) is 6.17. The Kier molecular flexibility index (Phi) is 6.22. The Labute approximate surface area is 164 Å². The van der Waals surface area contributed by atoms with Crippen molar-refractivity contribution in [3.8, 4) is 0 Å². The molecule has 3 rings (SSSR count). The normalized spacial score (nSPS) is 10.4. The lowest BCUT2D eigenvalue weighted by Crippen LogP contribution is -2.21. The molecule has 0 radical (unpaired) electrons. The van der Waals surface area contributed by atoms with Gasteiger partial charge in [0, 0.05) is 42.0 Å². The molecule has 6 heteroatoms. The van der Waals surface area contributed by atoms with Gasteiger partial charge >= 0.3 is 0 Å². The van der Waals surface area contributed by atoms with Crippen molar-refractivity contribution in [2.45, 2.75) is 13.8 Å². The van der Waals surface area contributed by atoms with Gasteiger partial charge in [0.2, 0.25) is 0 Å². The first kappa shape index (κ1) is 19.4.